The van der Waals surface area contributed by atoms with E-state index in [2.05, 4.69) is 10.0 Å². The first-order valence-electron chi connectivity index (χ1n) is 8.81. The highest BCUT2D eigenvalue weighted by molar-refractivity contribution is 7.92. The number of nitrogens with one attached hydrogen (secondary N) is 2. The molecule has 8 heteroatoms. The van der Waals surface area contributed by atoms with E-state index < -0.39 is 16.1 Å². The number of ether oxygens (including phenoxy) is 1. The Balaban J connectivity index is 2.05. The maximum Gasteiger partial charge on any atom is 0.265 e. The van der Waals surface area contributed by atoms with Crippen molar-refractivity contribution in [1.82, 2.24) is 0 Å². The Labute approximate surface area is 165 Å². The number of Topliss-reactive ketones (excluding diaryl/α,β-unsaturated/α-hetero) is 1. The lowest BCUT2D eigenvalue weighted by Gasteiger charge is -2.16. The molecule has 0 spiro atoms. The van der Waals surface area contributed by atoms with Crippen LogP contribution in [0.5, 0.6) is 5.75 Å². The Morgan fingerprint density at radius 3 is 2.46 bits per heavy atom. The molecule has 7 nitrogen and oxygen atoms in total. The van der Waals surface area contributed by atoms with Crippen LogP contribution in [0.3, 0.4) is 0 Å². The number of carbonyl (C=O) groups is 2. The van der Waals surface area contributed by atoms with Gasteiger partial charge in [0.05, 0.1) is 11.4 Å². The summed E-state index contributed by atoms with van der Waals surface area (Å²) in [5.74, 6) is -0.0490. The van der Waals surface area contributed by atoms with Crippen molar-refractivity contribution in [2.45, 2.75) is 33.8 Å². The van der Waals surface area contributed by atoms with Gasteiger partial charge >= 0.3 is 0 Å². The van der Waals surface area contributed by atoms with Crippen LogP contribution in [0.25, 0.3) is 0 Å². The van der Waals surface area contributed by atoms with Crippen LogP contribution in [-0.4, -0.2) is 32.0 Å². The first-order chi connectivity index (χ1) is 13.1. The smallest absolute Gasteiger partial charge is 0.265 e. The number of anilines is 2. The van der Waals surface area contributed by atoms with Crippen LogP contribution in [0, 0.1) is 6.92 Å². The van der Waals surface area contributed by atoms with Gasteiger partial charge in [-0.05, 0) is 63.6 Å². The van der Waals surface area contributed by atoms with Crippen LogP contribution in [-0.2, 0) is 14.8 Å². The average molecular weight is 404 g/mol. The van der Waals surface area contributed by atoms with Crippen molar-refractivity contribution in [1.29, 1.82) is 0 Å². The fourth-order valence-corrected chi connectivity index (χ4v) is 3.09. The second kappa shape index (κ2) is 8.88. The van der Waals surface area contributed by atoms with Crippen LogP contribution in [0.15, 0.2) is 42.5 Å². The predicted molar refractivity (Wildman–Crippen MR) is 109 cm³/mol. The summed E-state index contributed by atoms with van der Waals surface area (Å²) in [7, 11) is -3.37. The Kier molecular flexibility index (Phi) is 6.80. The van der Waals surface area contributed by atoms with Crippen molar-refractivity contribution in [3.8, 4) is 5.75 Å². The molecule has 0 saturated heterocycles. The van der Waals surface area contributed by atoms with Gasteiger partial charge in [-0.2, -0.15) is 0 Å². The topological polar surface area (TPSA) is 102 Å². The van der Waals surface area contributed by atoms with Gasteiger partial charge in [-0.25, -0.2) is 8.42 Å². The van der Waals surface area contributed by atoms with E-state index in [1.54, 1.807) is 63.2 Å². The van der Waals surface area contributed by atoms with Crippen molar-refractivity contribution < 1.29 is 22.7 Å². The SMILES string of the molecule is CCS(=O)(=O)Nc1ccc(NC(=O)C(C)Oc2cccc(C(C)=O)c2)cc1C. The molecule has 0 aliphatic rings. The summed E-state index contributed by atoms with van der Waals surface area (Å²) in [4.78, 5) is 23.8. The lowest BCUT2D eigenvalue weighted by atomic mass is 10.1. The van der Waals surface area contributed by atoms with Crippen LogP contribution >= 0.6 is 0 Å². The minimum atomic E-state index is -3.37. The van der Waals surface area contributed by atoms with Crippen molar-refractivity contribution in [3.63, 3.8) is 0 Å². The highest BCUT2D eigenvalue weighted by atomic mass is 32.2. The molecule has 0 aliphatic carbocycles. The first-order valence-corrected chi connectivity index (χ1v) is 10.5. The van der Waals surface area contributed by atoms with E-state index in [1.807, 2.05) is 0 Å². The summed E-state index contributed by atoms with van der Waals surface area (Å²) in [6.07, 6.45) is -0.791. The van der Waals surface area contributed by atoms with E-state index in [0.29, 0.717) is 28.3 Å². The number of hydrogen-bond acceptors (Lipinski definition) is 5. The molecule has 28 heavy (non-hydrogen) atoms. The maximum absolute atomic E-state index is 12.4. The third kappa shape index (κ3) is 5.82. The van der Waals surface area contributed by atoms with E-state index in [-0.39, 0.29) is 17.4 Å². The molecule has 2 aromatic rings. The van der Waals surface area contributed by atoms with Crippen LogP contribution in [0.2, 0.25) is 0 Å². The fraction of sp³-hybridized carbons (Fsp3) is 0.300. The van der Waals surface area contributed by atoms with Gasteiger partial charge in [0.25, 0.3) is 5.91 Å². The van der Waals surface area contributed by atoms with Crippen LogP contribution in [0.1, 0.15) is 36.7 Å². The number of benzene rings is 2. The maximum atomic E-state index is 12.4. The molecule has 1 unspecified atom stereocenters. The molecule has 150 valence electrons. The number of carbonyl (C=O) groups excluding carboxylic acids is 2. The summed E-state index contributed by atoms with van der Waals surface area (Å²) in [5, 5.41) is 2.74. The van der Waals surface area contributed by atoms with Gasteiger partial charge < -0.3 is 10.1 Å². The predicted octanol–water partition coefficient (Wildman–Crippen LogP) is 3.37. The highest BCUT2D eigenvalue weighted by Gasteiger charge is 2.16. The molecule has 1 amide bonds. The Morgan fingerprint density at radius 1 is 1.14 bits per heavy atom. The highest BCUT2D eigenvalue weighted by Crippen LogP contribution is 2.22. The van der Waals surface area contributed by atoms with Crippen molar-refractivity contribution in [2.75, 3.05) is 15.8 Å². The van der Waals surface area contributed by atoms with E-state index >= 15 is 0 Å². The summed E-state index contributed by atoms with van der Waals surface area (Å²) in [5.41, 5.74) is 2.17. The summed E-state index contributed by atoms with van der Waals surface area (Å²) in [6.45, 7) is 6.37. The molecule has 2 aromatic carbocycles. The zero-order valence-corrected chi connectivity index (χ0v) is 17.1. The van der Waals surface area contributed by atoms with Gasteiger partial charge in [-0.1, -0.05) is 12.1 Å². The number of hydrogen-bond donors (Lipinski definition) is 2. The summed E-state index contributed by atoms with van der Waals surface area (Å²) >= 11 is 0. The molecule has 0 aromatic heterocycles. The fourth-order valence-electron chi connectivity index (χ4n) is 2.39. The number of sulfonamides is 1. The van der Waals surface area contributed by atoms with Gasteiger partial charge in [0.15, 0.2) is 11.9 Å². The molecular weight excluding hydrogens is 380 g/mol. The second-order valence-electron chi connectivity index (χ2n) is 6.37. The van der Waals surface area contributed by atoms with Crippen molar-refractivity contribution >= 4 is 33.1 Å². The van der Waals surface area contributed by atoms with Gasteiger partial charge in [-0.3, -0.25) is 14.3 Å². The van der Waals surface area contributed by atoms with Gasteiger partial charge in [-0.15, -0.1) is 0 Å². The Hall–Kier alpha value is -2.87. The number of aryl methyl sites for hydroxylation is 1. The van der Waals surface area contributed by atoms with E-state index in [1.165, 1.54) is 6.92 Å². The lowest BCUT2D eigenvalue weighted by Crippen LogP contribution is -2.30. The molecule has 0 heterocycles. The monoisotopic (exact) mass is 404 g/mol. The van der Waals surface area contributed by atoms with E-state index in [9.17, 15) is 18.0 Å². The molecule has 0 aliphatic heterocycles. The average Bonchev–Trinajstić information content (AvgIpc) is 2.64. The van der Waals surface area contributed by atoms with Gasteiger partial charge in [0.1, 0.15) is 5.75 Å². The minimum Gasteiger partial charge on any atom is -0.481 e. The molecule has 0 fully saturated rings. The molecule has 0 radical (unpaired) electrons. The summed E-state index contributed by atoms with van der Waals surface area (Å²) in [6, 6.07) is 11.5. The number of rotatable bonds is 8. The van der Waals surface area contributed by atoms with Crippen molar-refractivity contribution in [2.24, 2.45) is 0 Å². The molecule has 1 atom stereocenters. The number of amides is 1. The largest absolute Gasteiger partial charge is 0.481 e. The standard InChI is InChI=1S/C20H24N2O5S/c1-5-28(25,26)22-19-10-9-17(11-13(19)2)21-20(24)15(4)27-18-8-6-7-16(12-18)14(3)23/h6-12,15,22H,5H2,1-4H3,(H,21,24). The third-order valence-electron chi connectivity index (χ3n) is 4.06. The van der Waals surface area contributed by atoms with Gasteiger partial charge in [0, 0.05) is 11.3 Å². The number of ketones is 1. The molecule has 0 bridgehead atoms. The van der Waals surface area contributed by atoms with Crippen molar-refractivity contribution in [3.05, 3.63) is 53.6 Å². The van der Waals surface area contributed by atoms with Crippen LogP contribution in [0.4, 0.5) is 11.4 Å². The Bertz CT molecular complexity index is 986. The van der Waals surface area contributed by atoms with E-state index in [4.69, 9.17) is 4.74 Å². The second-order valence-corrected chi connectivity index (χ2v) is 8.38. The lowest BCUT2D eigenvalue weighted by molar-refractivity contribution is -0.122. The van der Waals surface area contributed by atoms with Crippen LogP contribution < -0.4 is 14.8 Å². The quantitative estimate of drug-likeness (QED) is 0.657. The third-order valence-corrected chi connectivity index (χ3v) is 5.35. The molecular formula is C20H24N2O5S. The summed E-state index contributed by atoms with van der Waals surface area (Å²) < 4.78 is 31.5. The van der Waals surface area contributed by atoms with E-state index in [0.717, 1.165) is 0 Å². The zero-order valence-electron chi connectivity index (χ0n) is 16.3. The first kappa shape index (κ1) is 21.4. The molecule has 2 N–H and O–H groups in total. The zero-order chi connectivity index (χ0) is 20.9. The van der Waals surface area contributed by atoms with Gasteiger partial charge in [0.2, 0.25) is 10.0 Å². The molecule has 0 saturated carbocycles. The molecule has 2 rings (SSSR count). The minimum absolute atomic E-state index is 0.0232. The normalized spacial score (nSPS) is 12.1. The Morgan fingerprint density at radius 2 is 1.86 bits per heavy atom.